The smallest absolute Gasteiger partial charge is 0.253 e. The molecule has 1 aliphatic rings. The Labute approximate surface area is 162 Å². The van der Waals surface area contributed by atoms with Gasteiger partial charge in [-0.3, -0.25) is 14.7 Å². The van der Waals surface area contributed by atoms with Gasteiger partial charge in [-0.1, -0.05) is 17.3 Å². The summed E-state index contributed by atoms with van der Waals surface area (Å²) in [6.07, 6.45) is 4.89. The fraction of sp³-hybridized carbons (Fsp3) is 0.286. The Kier molecular flexibility index (Phi) is 5.43. The van der Waals surface area contributed by atoms with Gasteiger partial charge >= 0.3 is 0 Å². The predicted molar refractivity (Wildman–Crippen MR) is 102 cm³/mol. The van der Waals surface area contributed by atoms with E-state index in [0.29, 0.717) is 16.8 Å². The molecular weight excluding hydrogens is 359 g/mol. The van der Waals surface area contributed by atoms with Crippen molar-refractivity contribution in [3.8, 4) is 11.3 Å². The van der Waals surface area contributed by atoms with Gasteiger partial charge in [0.25, 0.3) is 5.91 Å². The second-order valence-corrected chi connectivity index (χ2v) is 6.96. The molecule has 0 spiro atoms. The largest absolute Gasteiger partial charge is 0.364 e. The zero-order chi connectivity index (χ0) is 19.3. The maximum atomic E-state index is 13.4. The Morgan fingerprint density at radius 2 is 2.07 bits per heavy atom. The number of piperidine rings is 1. The number of likely N-dealkylation sites (tertiary alicyclic amines) is 1. The second kappa shape index (κ2) is 8.31. The van der Waals surface area contributed by atoms with Crippen molar-refractivity contribution < 1.29 is 13.7 Å². The lowest BCUT2D eigenvalue weighted by Gasteiger charge is -2.31. The maximum absolute atomic E-state index is 13.4. The molecule has 1 amide bonds. The van der Waals surface area contributed by atoms with E-state index in [9.17, 15) is 9.18 Å². The summed E-state index contributed by atoms with van der Waals surface area (Å²) in [7, 11) is 0. The number of rotatable bonds is 5. The number of halogens is 1. The first-order chi connectivity index (χ1) is 13.7. The van der Waals surface area contributed by atoms with Gasteiger partial charge in [0.1, 0.15) is 12.1 Å². The van der Waals surface area contributed by atoms with Crippen LogP contribution in [0.1, 0.15) is 28.9 Å². The van der Waals surface area contributed by atoms with E-state index in [1.54, 1.807) is 30.5 Å². The van der Waals surface area contributed by atoms with E-state index >= 15 is 0 Å². The minimum absolute atomic E-state index is 0.131. The van der Waals surface area contributed by atoms with Crippen molar-refractivity contribution in [3.63, 3.8) is 0 Å². The van der Waals surface area contributed by atoms with Crippen LogP contribution in [0.25, 0.3) is 11.3 Å². The van der Waals surface area contributed by atoms with Gasteiger partial charge in [0.2, 0.25) is 0 Å². The lowest BCUT2D eigenvalue weighted by molar-refractivity contribution is 0.0908. The van der Waals surface area contributed by atoms with Crippen LogP contribution >= 0.6 is 0 Å². The number of nitrogens with zero attached hydrogens (tertiary/aromatic N) is 3. The zero-order valence-electron chi connectivity index (χ0n) is 15.3. The zero-order valence-corrected chi connectivity index (χ0v) is 15.3. The molecule has 1 N–H and O–H groups in total. The van der Waals surface area contributed by atoms with Crippen LogP contribution in [0, 0.1) is 5.82 Å². The number of aromatic nitrogens is 2. The van der Waals surface area contributed by atoms with E-state index in [1.807, 2.05) is 6.07 Å². The first-order valence-electron chi connectivity index (χ1n) is 9.32. The number of hydrogen-bond donors (Lipinski definition) is 1. The molecule has 144 valence electrons. The topological polar surface area (TPSA) is 71.3 Å². The molecule has 4 rings (SSSR count). The molecule has 0 unspecified atom stereocenters. The summed E-state index contributed by atoms with van der Waals surface area (Å²) in [5.74, 6) is -0.441. The predicted octanol–water partition coefficient (Wildman–Crippen LogP) is 3.27. The molecule has 1 fully saturated rings. The third-order valence-electron chi connectivity index (χ3n) is 4.95. The summed E-state index contributed by atoms with van der Waals surface area (Å²) in [4.78, 5) is 19.1. The third kappa shape index (κ3) is 4.43. The van der Waals surface area contributed by atoms with Gasteiger partial charge < -0.3 is 9.84 Å². The second-order valence-electron chi connectivity index (χ2n) is 6.96. The number of benzene rings is 1. The van der Waals surface area contributed by atoms with Crippen LogP contribution in [0.2, 0.25) is 0 Å². The molecule has 1 saturated heterocycles. The lowest BCUT2D eigenvalue weighted by atomic mass is 10.0. The molecule has 2 aromatic heterocycles. The number of nitrogens with one attached hydrogen (secondary N) is 1. The van der Waals surface area contributed by atoms with E-state index in [0.717, 1.165) is 38.2 Å². The van der Waals surface area contributed by atoms with Crippen molar-refractivity contribution in [3.05, 3.63) is 72.0 Å². The fourth-order valence-electron chi connectivity index (χ4n) is 3.40. The highest BCUT2D eigenvalue weighted by atomic mass is 19.1. The van der Waals surface area contributed by atoms with Gasteiger partial charge in [0, 0.05) is 43.5 Å². The fourth-order valence-corrected chi connectivity index (χ4v) is 3.40. The van der Waals surface area contributed by atoms with E-state index in [-0.39, 0.29) is 17.8 Å². The summed E-state index contributed by atoms with van der Waals surface area (Å²) >= 11 is 0. The quantitative estimate of drug-likeness (QED) is 0.736. The highest BCUT2D eigenvalue weighted by Gasteiger charge is 2.22. The van der Waals surface area contributed by atoms with Gasteiger partial charge in [-0.25, -0.2) is 4.39 Å². The minimum Gasteiger partial charge on any atom is -0.364 e. The molecular formula is C21H21FN4O2. The van der Waals surface area contributed by atoms with Gasteiger partial charge in [0.15, 0.2) is 0 Å². The van der Waals surface area contributed by atoms with Crippen molar-refractivity contribution in [2.45, 2.75) is 25.4 Å². The Morgan fingerprint density at radius 3 is 2.75 bits per heavy atom. The highest BCUT2D eigenvalue weighted by Crippen LogP contribution is 2.18. The van der Waals surface area contributed by atoms with Crippen molar-refractivity contribution >= 4 is 5.91 Å². The summed E-state index contributed by atoms with van der Waals surface area (Å²) in [5, 5.41) is 7.02. The summed E-state index contributed by atoms with van der Waals surface area (Å²) in [5.41, 5.74) is 2.75. The molecule has 1 aliphatic heterocycles. The molecule has 0 atom stereocenters. The van der Waals surface area contributed by atoms with Crippen LogP contribution in [0.5, 0.6) is 0 Å². The molecule has 28 heavy (non-hydrogen) atoms. The third-order valence-corrected chi connectivity index (χ3v) is 4.95. The normalized spacial score (nSPS) is 15.5. The SMILES string of the molecule is O=C(NC1CCN(Cc2ccon2)CC1)c1ccc(-c2cccc(F)c2)nc1. The monoisotopic (exact) mass is 380 g/mol. The molecule has 0 radical (unpaired) electrons. The van der Waals surface area contributed by atoms with Crippen LogP contribution in [-0.4, -0.2) is 40.1 Å². The van der Waals surface area contributed by atoms with Crippen molar-refractivity contribution in [1.29, 1.82) is 0 Å². The average molecular weight is 380 g/mol. The van der Waals surface area contributed by atoms with Crippen LogP contribution in [-0.2, 0) is 6.54 Å². The minimum atomic E-state index is -0.309. The van der Waals surface area contributed by atoms with E-state index < -0.39 is 0 Å². The molecule has 1 aromatic carbocycles. The van der Waals surface area contributed by atoms with Crippen LogP contribution in [0.15, 0.2) is 59.4 Å². The Morgan fingerprint density at radius 1 is 1.21 bits per heavy atom. The van der Waals surface area contributed by atoms with E-state index in [4.69, 9.17) is 4.52 Å². The summed E-state index contributed by atoms with van der Waals surface area (Å²) in [6.45, 7) is 2.56. The molecule has 0 aliphatic carbocycles. The van der Waals surface area contributed by atoms with Crippen LogP contribution in [0.3, 0.4) is 0 Å². The number of hydrogen-bond acceptors (Lipinski definition) is 5. The van der Waals surface area contributed by atoms with Gasteiger partial charge in [0.05, 0.1) is 17.0 Å². The summed E-state index contributed by atoms with van der Waals surface area (Å²) in [6, 6.07) is 11.7. The average Bonchev–Trinajstić information content (AvgIpc) is 3.23. The molecule has 6 nitrogen and oxygen atoms in total. The summed E-state index contributed by atoms with van der Waals surface area (Å²) < 4.78 is 18.2. The van der Waals surface area contributed by atoms with E-state index in [1.165, 1.54) is 18.3 Å². The Bertz CT molecular complexity index is 920. The first-order valence-corrected chi connectivity index (χ1v) is 9.32. The first kappa shape index (κ1) is 18.3. The Hall–Kier alpha value is -3.06. The highest BCUT2D eigenvalue weighted by molar-refractivity contribution is 5.94. The lowest BCUT2D eigenvalue weighted by Crippen LogP contribution is -2.44. The number of carbonyl (C=O) groups excluding carboxylic acids is 1. The standard InChI is InChI=1S/C21H21FN4O2/c22-17-3-1-2-15(12-17)20-5-4-16(13-23-20)21(27)24-18-6-9-26(10-7-18)14-19-8-11-28-25-19/h1-5,8,11-13,18H,6-7,9-10,14H2,(H,24,27). The van der Waals surface area contributed by atoms with Crippen molar-refractivity contribution in [2.24, 2.45) is 0 Å². The number of carbonyl (C=O) groups is 1. The molecule has 3 heterocycles. The molecule has 0 bridgehead atoms. The number of amides is 1. The van der Waals surface area contributed by atoms with Crippen LogP contribution in [0.4, 0.5) is 4.39 Å². The maximum Gasteiger partial charge on any atom is 0.253 e. The molecule has 0 saturated carbocycles. The van der Waals surface area contributed by atoms with Gasteiger partial charge in [-0.15, -0.1) is 0 Å². The van der Waals surface area contributed by atoms with Crippen molar-refractivity contribution in [1.82, 2.24) is 20.4 Å². The number of pyridine rings is 1. The van der Waals surface area contributed by atoms with Gasteiger partial charge in [-0.05, 0) is 37.1 Å². The molecule has 7 heteroatoms. The van der Waals surface area contributed by atoms with Gasteiger partial charge in [-0.2, -0.15) is 0 Å². The van der Waals surface area contributed by atoms with Crippen molar-refractivity contribution in [2.75, 3.05) is 13.1 Å². The Balaban J connectivity index is 1.30. The molecule has 3 aromatic rings. The van der Waals surface area contributed by atoms with Crippen LogP contribution < -0.4 is 5.32 Å². The van der Waals surface area contributed by atoms with E-state index in [2.05, 4.69) is 20.4 Å².